The van der Waals surface area contributed by atoms with E-state index in [1.54, 1.807) is 4.90 Å². The van der Waals surface area contributed by atoms with Gasteiger partial charge in [-0.3, -0.25) is 0 Å². The Morgan fingerprint density at radius 2 is 2.00 bits per heavy atom. The van der Waals surface area contributed by atoms with Gasteiger partial charge < -0.3 is 15.0 Å². The Hall–Kier alpha value is -0.420. The van der Waals surface area contributed by atoms with Crippen LogP contribution in [0.1, 0.15) is 47.0 Å². The van der Waals surface area contributed by atoms with Gasteiger partial charge in [-0.2, -0.15) is 11.8 Å². The minimum Gasteiger partial charge on any atom is -0.444 e. The van der Waals surface area contributed by atoms with Gasteiger partial charge in [0.25, 0.3) is 0 Å². The molecule has 0 aromatic rings. The third-order valence-electron chi connectivity index (χ3n) is 3.79. The molecule has 0 spiro atoms. The number of carbonyl (C=O) groups is 1. The van der Waals surface area contributed by atoms with Crippen molar-refractivity contribution < 1.29 is 9.53 Å². The van der Waals surface area contributed by atoms with E-state index in [9.17, 15) is 4.79 Å². The van der Waals surface area contributed by atoms with Gasteiger partial charge in [-0.1, -0.05) is 6.92 Å². The number of rotatable bonds is 4. The summed E-state index contributed by atoms with van der Waals surface area (Å²) in [5.74, 6) is 1.22. The van der Waals surface area contributed by atoms with E-state index >= 15 is 0 Å². The van der Waals surface area contributed by atoms with Gasteiger partial charge in [0, 0.05) is 30.4 Å². The van der Waals surface area contributed by atoms with Gasteiger partial charge >= 0.3 is 6.09 Å². The van der Waals surface area contributed by atoms with Crippen molar-refractivity contribution in [3.63, 3.8) is 0 Å². The second-order valence-corrected chi connectivity index (χ2v) is 8.41. The zero-order chi connectivity index (χ0) is 14.8. The van der Waals surface area contributed by atoms with Crippen LogP contribution in [0.3, 0.4) is 0 Å². The zero-order valence-electron chi connectivity index (χ0n) is 13.1. The van der Waals surface area contributed by atoms with E-state index in [-0.39, 0.29) is 6.09 Å². The van der Waals surface area contributed by atoms with E-state index in [0.29, 0.717) is 12.1 Å². The summed E-state index contributed by atoms with van der Waals surface area (Å²) in [5, 5.41) is 4.52. The summed E-state index contributed by atoms with van der Waals surface area (Å²) in [6.45, 7) is 9.53. The third kappa shape index (κ3) is 4.55. The largest absolute Gasteiger partial charge is 0.444 e. The van der Waals surface area contributed by atoms with Crippen LogP contribution in [-0.4, -0.2) is 52.8 Å². The number of nitrogens with zero attached hydrogens (tertiary/aromatic N) is 1. The minimum absolute atomic E-state index is 0.179. The highest BCUT2D eigenvalue weighted by Crippen LogP contribution is 2.30. The predicted octanol–water partition coefficient (Wildman–Crippen LogP) is 2.87. The number of hydrogen-bond donors (Lipinski definition) is 1. The summed E-state index contributed by atoms with van der Waals surface area (Å²) in [4.78, 5) is 13.6. The molecular formula is C15H28N2O2S. The van der Waals surface area contributed by atoms with Crippen molar-refractivity contribution in [3.05, 3.63) is 0 Å². The standard InChI is InChI=1S/C15H28N2O2S/c1-5-20-13-7-6-11(8-13)16-12-9-17(10-12)14(18)19-15(2,3)4/h11-13,16H,5-10H2,1-4H3. The number of carbonyl (C=O) groups excluding carboxylic acids is 1. The van der Waals surface area contributed by atoms with Crippen molar-refractivity contribution in [1.29, 1.82) is 0 Å². The summed E-state index contributed by atoms with van der Waals surface area (Å²) in [6, 6.07) is 1.10. The molecule has 1 saturated heterocycles. The number of likely N-dealkylation sites (tertiary alicyclic amines) is 1. The first kappa shape index (κ1) is 16.0. The predicted molar refractivity (Wildman–Crippen MR) is 84.3 cm³/mol. The molecule has 1 N–H and O–H groups in total. The highest BCUT2D eigenvalue weighted by molar-refractivity contribution is 7.99. The lowest BCUT2D eigenvalue weighted by Crippen LogP contribution is -2.62. The molecule has 1 heterocycles. The molecule has 0 aromatic carbocycles. The Balaban J connectivity index is 1.64. The van der Waals surface area contributed by atoms with Crippen LogP contribution in [-0.2, 0) is 4.74 Å². The maximum Gasteiger partial charge on any atom is 0.410 e. The Bertz CT molecular complexity index is 337. The molecule has 0 bridgehead atoms. The average Bonchev–Trinajstić information content (AvgIpc) is 2.68. The van der Waals surface area contributed by atoms with Crippen LogP contribution >= 0.6 is 11.8 Å². The molecule has 1 saturated carbocycles. The van der Waals surface area contributed by atoms with Crippen molar-refractivity contribution >= 4 is 17.9 Å². The van der Waals surface area contributed by atoms with Crippen LogP contribution in [0.25, 0.3) is 0 Å². The van der Waals surface area contributed by atoms with Crippen molar-refractivity contribution in [2.75, 3.05) is 18.8 Å². The molecule has 1 aliphatic carbocycles. The van der Waals surface area contributed by atoms with E-state index in [0.717, 1.165) is 18.3 Å². The highest BCUT2D eigenvalue weighted by atomic mass is 32.2. The van der Waals surface area contributed by atoms with E-state index in [1.807, 2.05) is 20.8 Å². The first-order valence-electron chi connectivity index (χ1n) is 7.73. The first-order chi connectivity index (χ1) is 9.37. The molecular weight excluding hydrogens is 272 g/mol. The van der Waals surface area contributed by atoms with E-state index in [1.165, 1.54) is 25.0 Å². The fourth-order valence-electron chi connectivity index (χ4n) is 2.87. The molecule has 1 aliphatic heterocycles. The first-order valence-corrected chi connectivity index (χ1v) is 8.78. The fraction of sp³-hybridized carbons (Fsp3) is 0.933. The molecule has 4 nitrogen and oxygen atoms in total. The van der Waals surface area contributed by atoms with Crippen LogP contribution in [0.4, 0.5) is 4.79 Å². The Kier molecular flexibility index (Phi) is 5.24. The molecule has 2 aliphatic rings. The molecule has 5 heteroatoms. The topological polar surface area (TPSA) is 41.6 Å². The molecule has 2 rings (SSSR count). The van der Waals surface area contributed by atoms with Crippen LogP contribution < -0.4 is 5.32 Å². The molecule has 1 amide bonds. The summed E-state index contributed by atoms with van der Waals surface area (Å²) in [6.07, 6.45) is 3.71. The van der Waals surface area contributed by atoms with Gasteiger partial charge in [0.05, 0.1) is 0 Å². The number of nitrogens with one attached hydrogen (secondary N) is 1. The maximum atomic E-state index is 11.8. The molecule has 20 heavy (non-hydrogen) atoms. The number of amides is 1. The van der Waals surface area contributed by atoms with E-state index in [4.69, 9.17) is 4.74 Å². The second-order valence-electron chi connectivity index (χ2n) is 6.84. The molecule has 2 fully saturated rings. The summed E-state index contributed by atoms with van der Waals surface area (Å²) in [5.41, 5.74) is -0.397. The monoisotopic (exact) mass is 300 g/mol. The van der Waals surface area contributed by atoms with Gasteiger partial charge in [-0.15, -0.1) is 0 Å². The normalized spacial score (nSPS) is 27.5. The molecule has 0 radical (unpaired) electrons. The van der Waals surface area contributed by atoms with Crippen LogP contribution in [0.15, 0.2) is 0 Å². The SMILES string of the molecule is CCSC1CCC(NC2CN(C(=O)OC(C)(C)C)C2)C1. The van der Waals surface area contributed by atoms with Gasteiger partial charge in [0.15, 0.2) is 0 Å². The van der Waals surface area contributed by atoms with Crippen molar-refractivity contribution in [3.8, 4) is 0 Å². The zero-order valence-corrected chi connectivity index (χ0v) is 14.0. The molecule has 2 unspecified atom stereocenters. The lowest BCUT2D eigenvalue weighted by Gasteiger charge is -2.41. The Morgan fingerprint density at radius 1 is 1.30 bits per heavy atom. The van der Waals surface area contributed by atoms with Crippen molar-refractivity contribution in [2.24, 2.45) is 0 Å². The second kappa shape index (κ2) is 6.56. The quantitative estimate of drug-likeness (QED) is 0.867. The van der Waals surface area contributed by atoms with Gasteiger partial charge in [0.2, 0.25) is 0 Å². The number of ether oxygens (including phenoxy) is 1. The van der Waals surface area contributed by atoms with Crippen LogP contribution in [0.5, 0.6) is 0 Å². The lowest BCUT2D eigenvalue weighted by molar-refractivity contribution is 0.00424. The van der Waals surface area contributed by atoms with Gasteiger partial charge in [0.1, 0.15) is 5.60 Å². The average molecular weight is 300 g/mol. The molecule has 0 aromatic heterocycles. The third-order valence-corrected chi connectivity index (χ3v) is 5.02. The summed E-state index contributed by atoms with van der Waals surface area (Å²) < 4.78 is 5.36. The number of hydrogen-bond acceptors (Lipinski definition) is 4. The summed E-state index contributed by atoms with van der Waals surface area (Å²) in [7, 11) is 0. The van der Waals surface area contributed by atoms with Crippen molar-refractivity contribution in [2.45, 2.75) is 69.9 Å². The Morgan fingerprint density at radius 3 is 2.60 bits per heavy atom. The van der Waals surface area contributed by atoms with Crippen LogP contribution in [0.2, 0.25) is 0 Å². The van der Waals surface area contributed by atoms with E-state index in [2.05, 4.69) is 24.0 Å². The minimum atomic E-state index is -0.397. The smallest absolute Gasteiger partial charge is 0.410 e. The van der Waals surface area contributed by atoms with E-state index < -0.39 is 5.60 Å². The molecule has 2 atom stereocenters. The summed E-state index contributed by atoms with van der Waals surface area (Å²) >= 11 is 2.08. The Labute approximate surface area is 127 Å². The highest BCUT2D eigenvalue weighted by Gasteiger charge is 2.36. The number of thioether (sulfide) groups is 1. The van der Waals surface area contributed by atoms with Crippen LogP contribution in [0, 0.1) is 0 Å². The maximum absolute atomic E-state index is 11.8. The fourth-order valence-corrected chi connectivity index (χ4v) is 4.01. The molecule has 116 valence electrons. The van der Waals surface area contributed by atoms with Crippen molar-refractivity contribution in [1.82, 2.24) is 10.2 Å². The lowest BCUT2D eigenvalue weighted by atomic mass is 10.1. The van der Waals surface area contributed by atoms with Gasteiger partial charge in [-0.05, 0) is 45.8 Å². The van der Waals surface area contributed by atoms with Gasteiger partial charge in [-0.25, -0.2) is 4.79 Å².